The van der Waals surface area contributed by atoms with Crippen LogP contribution in [0, 0.1) is 22.6 Å². The Balaban J connectivity index is 1.83. The first-order valence-corrected chi connectivity index (χ1v) is 7.48. The highest BCUT2D eigenvalue weighted by molar-refractivity contribution is 5.50. The van der Waals surface area contributed by atoms with Gasteiger partial charge in [-0.25, -0.2) is 4.39 Å². The Morgan fingerprint density at radius 3 is 2.60 bits per heavy atom. The largest absolute Gasteiger partial charge is 0.494 e. The number of hydrogen-bond acceptors (Lipinski definition) is 2. The number of nitrogens with one attached hydrogen (secondary N) is 1. The quantitative estimate of drug-likeness (QED) is 0.880. The monoisotopic (exact) mass is 277 g/mol. The van der Waals surface area contributed by atoms with Crippen LogP contribution < -0.4 is 10.1 Å². The molecular weight excluding hydrogens is 253 g/mol. The van der Waals surface area contributed by atoms with E-state index in [0.717, 1.165) is 11.6 Å². The Kier molecular flexibility index (Phi) is 3.00. The number of rotatable bonds is 3. The Labute approximate surface area is 120 Å². The van der Waals surface area contributed by atoms with Crippen LogP contribution in [0.5, 0.6) is 5.75 Å². The van der Waals surface area contributed by atoms with Gasteiger partial charge in [0.05, 0.1) is 7.11 Å². The molecule has 2 aliphatic rings. The van der Waals surface area contributed by atoms with E-state index in [4.69, 9.17) is 4.74 Å². The van der Waals surface area contributed by atoms with Crippen LogP contribution >= 0.6 is 0 Å². The van der Waals surface area contributed by atoms with E-state index in [0.29, 0.717) is 22.6 Å². The van der Waals surface area contributed by atoms with Crippen molar-refractivity contribution in [2.75, 3.05) is 12.4 Å². The van der Waals surface area contributed by atoms with E-state index in [-0.39, 0.29) is 5.82 Å². The Hall–Kier alpha value is -1.25. The first-order chi connectivity index (χ1) is 9.38. The molecule has 0 spiro atoms. The molecule has 0 radical (unpaired) electrons. The van der Waals surface area contributed by atoms with E-state index in [1.165, 1.54) is 32.4 Å². The zero-order chi connectivity index (χ0) is 14.5. The molecule has 110 valence electrons. The summed E-state index contributed by atoms with van der Waals surface area (Å²) in [7, 11) is 1.50. The molecule has 0 aromatic heterocycles. The van der Waals surface area contributed by atoms with Gasteiger partial charge in [0.1, 0.15) is 0 Å². The van der Waals surface area contributed by atoms with Crippen molar-refractivity contribution < 1.29 is 9.13 Å². The predicted octanol–water partition coefficient (Wildman–Crippen LogP) is 4.46. The van der Waals surface area contributed by atoms with Crippen LogP contribution in [-0.4, -0.2) is 13.2 Å². The number of fused-ring (bicyclic) bond motifs is 2. The molecule has 3 unspecified atom stereocenters. The van der Waals surface area contributed by atoms with Gasteiger partial charge in [0.15, 0.2) is 11.6 Å². The molecule has 3 heteroatoms. The maximum Gasteiger partial charge on any atom is 0.165 e. The first-order valence-electron chi connectivity index (χ1n) is 7.48. The van der Waals surface area contributed by atoms with Gasteiger partial charge in [0, 0.05) is 17.8 Å². The fourth-order valence-corrected chi connectivity index (χ4v) is 4.37. The summed E-state index contributed by atoms with van der Waals surface area (Å²) >= 11 is 0. The van der Waals surface area contributed by atoms with Crippen molar-refractivity contribution in [2.24, 2.45) is 16.7 Å². The van der Waals surface area contributed by atoms with Crippen molar-refractivity contribution in [1.29, 1.82) is 0 Å². The molecule has 0 amide bonds. The molecular formula is C17H24FNO. The van der Waals surface area contributed by atoms with Crippen molar-refractivity contribution >= 4 is 5.69 Å². The summed E-state index contributed by atoms with van der Waals surface area (Å²) in [6.07, 6.45) is 3.83. The second-order valence-corrected chi connectivity index (χ2v) is 7.16. The third-order valence-corrected chi connectivity index (χ3v) is 6.29. The summed E-state index contributed by atoms with van der Waals surface area (Å²) in [5.74, 6) is 0.799. The van der Waals surface area contributed by atoms with Crippen molar-refractivity contribution in [3.63, 3.8) is 0 Å². The molecule has 1 aromatic carbocycles. The lowest BCUT2D eigenvalue weighted by Gasteiger charge is -2.40. The molecule has 20 heavy (non-hydrogen) atoms. The molecule has 3 atom stereocenters. The minimum atomic E-state index is -0.308. The van der Waals surface area contributed by atoms with Crippen LogP contribution in [0.4, 0.5) is 10.1 Å². The van der Waals surface area contributed by atoms with Gasteiger partial charge >= 0.3 is 0 Å². The standard InChI is InChI=1S/C17H24FNO/c1-16(2)11-7-8-17(16,3)15(9-11)19-12-5-6-13(18)14(10-12)20-4/h5-6,10-11,15,19H,7-9H2,1-4H3. The summed E-state index contributed by atoms with van der Waals surface area (Å²) < 4.78 is 18.5. The van der Waals surface area contributed by atoms with Gasteiger partial charge in [-0.15, -0.1) is 0 Å². The first kappa shape index (κ1) is 13.7. The van der Waals surface area contributed by atoms with Crippen molar-refractivity contribution in [2.45, 2.75) is 46.1 Å². The van der Waals surface area contributed by atoms with E-state index in [1.807, 2.05) is 0 Å². The number of anilines is 1. The van der Waals surface area contributed by atoms with Crippen LogP contribution in [0.15, 0.2) is 18.2 Å². The summed E-state index contributed by atoms with van der Waals surface area (Å²) in [6, 6.07) is 5.51. The van der Waals surface area contributed by atoms with Gasteiger partial charge in [-0.05, 0) is 48.1 Å². The van der Waals surface area contributed by atoms with Crippen LogP contribution in [0.2, 0.25) is 0 Å². The molecule has 2 fully saturated rings. The Morgan fingerprint density at radius 2 is 2.05 bits per heavy atom. The number of halogens is 1. The van der Waals surface area contributed by atoms with Gasteiger partial charge in [0.2, 0.25) is 0 Å². The average Bonchev–Trinajstić information content (AvgIpc) is 2.74. The second-order valence-electron chi connectivity index (χ2n) is 7.16. The molecule has 3 rings (SSSR count). The van der Waals surface area contributed by atoms with Crippen LogP contribution in [0.1, 0.15) is 40.0 Å². The van der Waals surface area contributed by atoms with E-state index < -0.39 is 0 Å². The number of ether oxygens (including phenoxy) is 1. The SMILES string of the molecule is COc1cc(NC2CC3CCC2(C)C3(C)C)ccc1F. The molecule has 1 aromatic rings. The zero-order valence-corrected chi connectivity index (χ0v) is 12.8. The summed E-state index contributed by atoms with van der Waals surface area (Å²) in [6.45, 7) is 7.20. The van der Waals surface area contributed by atoms with Crippen molar-refractivity contribution in [1.82, 2.24) is 0 Å². The molecule has 1 N–H and O–H groups in total. The van der Waals surface area contributed by atoms with Crippen molar-refractivity contribution in [3.8, 4) is 5.75 Å². The maximum atomic E-state index is 13.5. The Bertz CT molecular complexity index is 528. The lowest BCUT2D eigenvalue weighted by molar-refractivity contribution is 0.142. The molecule has 0 heterocycles. The minimum absolute atomic E-state index is 0.308. The van der Waals surface area contributed by atoms with Crippen LogP contribution in [-0.2, 0) is 0 Å². The van der Waals surface area contributed by atoms with Crippen LogP contribution in [0.3, 0.4) is 0 Å². The number of methoxy groups -OCH3 is 1. The van der Waals surface area contributed by atoms with Gasteiger partial charge in [-0.3, -0.25) is 0 Å². The highest BCUT2D eigenvalue weighted by atomic mass is 19.1. The van der Waals surface area contributed by atoms with Crippen molar-refractivity contribution in [3.05, 3.63) is 24.0 Å². The van der Waals surface area contributed by atoms with Gasteiger partial charge in [0.25, 0.3) is 0 Å². The highest BCUT2D eigenvalue weighted by Gasteiger charge is 2.61. The Morgan fingerprint density at radius 1 is 1.30 bits per heavy atom. The summed E-state index contributed by atoms with van der Waals surface area (Å²) in [4.78, 5) is 0. The molecule has 0 saturated heterocycles. The van der Waals surface area contributed by atoms with E-state index in [9.17, 15) is 4.39 Å². The smallest absolute Gasteiger partial charge is 0.165 e. The lowest BCUT2D eigenvalue weighted by atomic mass is 9.69. The molecule has 2 saturated carbocycles. The zero-order valence-electron chi connectivity index (χ0n) is 12.8. The normalized spacial score (nSPS) is 34.2. The molecule has 0 aliphatic heterocycles. The average molecular weight is 277 g/mol. The number of benzene rings is 1. The summed E-state index contributed by atoms with van der Waals surface area (Å²) in [5.41, 5.74) is 1.66. The minimum Gasteiger partial charge on any atom is -0.494 e. The third-order valence-electron chi connectivity index (χ3n) is 6.29. The molecule has 2 bridgehead atoms. The van der Waals surface area contributed by atoms with E-state index in [2.05, 4.69) is 26.1 Å². The van der Waals surface area contributed by atoms with Gasteiger partial charge in [-0.2, -0.15) is 0 Å². The number of hydrogen-bond donors (Lipinski definition) is 1. The van der Waals surface area contributed by atoms with E-state index >= 15 is 0 Å². The van der Waals surface area contributed by atoms with Crippen LogP contribution in [0.25, 0.3) is 0 Å². The highest BCUT2D eigenvalue weighted by Crippen LogP contribution is 2.65. The lowest BCUT2D eigenvalue weighted by Crippen LogP contribution is -2.40. The summed E-state index contributed by atoms with van der Waals surface area (Å²) in [5, 5.41) is 3.62. The maximum absolute atomic E-state index is 13.5. The fourth-order valence-electron chi connectivity index (χ4n) is 4.37. The fraction of sp³-hybridized carbons (Fsp3) is 0.647. The third kappa shape index (κ3) is 1.75. The molecule has 2 nitrogen and oxygen atoms in total. The van der Waals surface area contributed by atoms with Gasteiger partial charge in [-0.1, -0.05) is 20.8 Å². The topological polar surface area (TPSA) is 21.3 Å². The van der Waals surface area contributed by atoms with E-state index in [1.54, 1.807) is 12.1 Å². The second kappa shape index (κ2) is 4.37. The molecule has 2 aliphatic carbocycles. The van der Waals surface area contributed by atoms with Gasteiger partial charge < -0.3 is 10.1 Å². The predicted molar refractivity (Wildman–Crippen MR) is 79.6 cm³/mol.